The van der Waals surface area contributed by atoms with Crippen LogP contribution >= 0.6 is 0 Å². The van der Waals surface area contributed by atoms with Crippen LogP contribution in [0.3, 0.4) is 0 Å². The number of aromatic nitrogens is 3. The molecule has 2 aromatic heterocycles. The number of nitrogens with two attached hydrogens (primary N) is 1. The molecule has 0 aliphatic rings. The molecule has 0 saturated carbocycles. The molecule has 0 radical (unpaired) electrons. The average molecular weight is 282 g/mol. The fraction of sp³-hybridized carbons (Fsp3) is 0.250. The quantitative estimate of drug-likeness (QED) is 0.798. The van der Waals surface area contributed by atoms with Crippen LogP contribution in [-0.2, 0) is 6.54 Å². The zero-order chi connectivity index (χ0) is 14.8. The van der Waals surface area contributed by atoms with E-state index in [0.717, 1.165) is 28.3 Å². The van der Waals surface area contributed by atoms with Gasteiger partial charge in [0.1, 0.15) is 5.76 Å². The van der Waals surface area contributed by atoms with E-state index in [-0.39, 0.29) is 6.04 Å². The third kappa shape index (κ3) is 2.60. The lowest BCUT2D eigenvalue weighted by molar-refractivity contribution is 0.392. The maximum Gasteiger partial charge on any atom is 0.138 e. The molecule has 0 saturated heterocycles. The molecule has 2 heterocycles. The van der Waals surface area contributed by atoms with Crippen molar-refractivity contribution in [3.8, 4) is 0 Å². The second-order valence-electron chi connectivity index (χ2n) is 5.14. The second kappa shape index (κ2) is 5.54. The van der Waals surface area contributed by atoms with Crippen LogP contribution in [0.5, 0.6) is 0 Å². The minimum Gasteiger partial charge on any atom is -0.361 e. The molecule has 2 N–H and O–H groups in total. The van der Waals surface area contributed by atoms with Gasteiger partial charge in [-0.2, -0.15) is 0 Å². The molecule has 3 rings (SSSR count). The molecule has 0 spiro atoms. The fourth-order valence-electron chi connectivity index (χ4n) is 2.45. The normalized spacial score (nSPS) is 12.5. The Morgan fingerprint density at radius 2 is 2.00 bits per heavy atom. The van der Waals surface area contributed by atoms with Gasteiger partial charge in [0.2, 0.25) is 0 Å². The van der Waals surface area contributed by atoms with Crippen LogP contribution in [-0.4, -0.2) is 14.7 Å². The van der Waals surface area contributed by atoms with E-state index in [0.29, 0.717) is 6.54 Å². The first-order valence-corrected chi connectivity index (χ1v) is 6.89. The van der Waals surface area contributed by atoms with Gasteiger partial charge in [-0.1, -0.05) is 35.5 Å². The Morgan fingerprint density at radius 1 is 1.24 bits per heavy atom. The number of rotatable bonds is 4. The largest absolute Gasteiger partial charge is 0.361 e. The summed E-state index contributed by atoms with van der Waals surface area (Å²) in [5.41, 5.74) is 10.4. The Labute approximate surface area is 123 Å². The fourth-order valence-corrected chi connectivity index (χ4v) is 2.45. The SMILES string of the molecule is Cc1noc(C)c1Cn1cncc1C(N)c1ccccc1. The molecule has 0 fully saturated rings. The van der Waals surface area contributed by atoms with Gasteiger partial charge >= 0.3 is 0 Å². The van der Waals surface area contributed by atoms with E-state index in [9.17, 15) is 0 Å². The standard InChI is InChI=1S/C16H18N4O/c1-11-14(12(2)21-19-11)9-20-10-18-8-15(20)16(17)13-6-4-3-5-7-13/h3-8,10,16H,9,17H2,1-2H3. The molecule has 1 unspecified atom stereocenters. The highest BCUT2D eigenvalue weighted by atomic mass is 16.5. The van der Waals surface area contributed by atoms with Crippen molar-refractivity contribution in [2.24, 2.45) is 5.73 Å². The molecule has 5 heteroatoms. The molecule has 0 aliphatic heterocycles. The number of imidazole rings is 1. The molecule has 1 atom stereocenters. The first-order valence-electron chi connectivity index (χ1n) is 6.89. The number of benzene rings is 1. The van der Waals surface area contributed by atoms with Crippen LogP contribution in [0.2, 0.25) is 0 Å². The molecule has 0 aliphatic carbocycles. The predicted molar refractivity (Wildman–Crippen MR) is 79.8 cm³/mol. The minimum atomic E-state index is -0.200. The van der Waals surface area contributed by atoms with Crippen molar-refractivity contribution in [3.63, 3.8) is 0 Å². The van der Waals surface area contributed by atoms with Crippen LogP contribution < -0.4 is 5.73 Å². The summed E-state index contributed by atoms with van der Waals surface area (Å²) in [5.74, 6) is 0.834. The number of aryl methyl sites for hydroxylation is 2. The van der Waals surface area contributed by atoms with Gasteiger partial charge in [-0.15, -0.1) is 0 Å². The lowest BCUT2D eigenvalue weighted by Gasteiger charge is -2.15. The van der Waals surface area contributed by atoms with E-state index in [1.165, 1.54) is 0 Å². The van der Waals surface area contributed by atoms with Gasteiger partial charge in [0.15, 0.2) is 0 Å². The number of hydrogen-bond donors (Lipinski definition) is 1. The third-order valence-corrected chi connectivity index (χ3v) is 3.73. The Balaban J connectivity index is 1.91. The van der Waals surface area contributed by atoms with Gasteiger partial charge in [0.05, 0.1) is 36.5 Å². The average Bonchev–Trinajstić information content (AvgIpc) is 3.09. The summed E-state index contributed by atoms with van der Waals surface area (Å²) in [7, 11) is 0. The molecule has 0 amide bonds. The zero-order valence-electron chi connectivity index (χ0n) is 12.2. The molecule has 0 bridgehead atoms. The summed E-state index contributed by atoms with van der Waals surface area (Å²) >= 11 is 0. The second-order valence-corrected chi connectivity index (χ2v) is 5.14. The van der Waals surface area contributed by atoms with E-state index < -0.39 is 0 Å². The highest BCUT2D eigenvalue weighted by Crippen LogP contribution is 2.21. The van der Waals surface area contributed by atoms with Gasteiger partial charge in [0, 0.05) is 5.56 Å². The summed E-state index contributed by atoms with van der Waals surface area (Å²) in [5, 5.41) is 3.99. The summed E-state index contributed by atoms with van der Waals surface area (Å²) in [4.78, 5) is 4.24. The van der Waals surface area contributed by atoms with Gasteiger partial charge in [0.25, 0.3) is 0 Å². The van der Waals surface area contributed by atoms with Gasteiger partial charge in [-0.3, -0.25) is 0 Å². The van der Waals surface area contributed by atoms with E-state index >= 15 is 0 Å². The first kappa shape index (κ1) is 13.6. The van der Waals surface area contributed by atoms with E-state index in [4.69, 9.17) is 10.3 Å². The Bertz CT molecular complexity index is 710. The van der Waals surface area contributed by atoms with Crippen molar-refractivity contribution in [1.82, 2.24) is 14.7 Å². The van der Waals surface area contributed by atoms with Crippen LogP contribution in [0.1, 0.15) is 34.3 Å². The molecule has 21 heavy (non-hydrogen) atoms. The molecule has 5 nitrogen and oxygen atoms in total. The Kier molecular flexibility index (Phi) is 3.58. The Hall–Kier alpha value is -2.40. The third-order valence-electron chi connectivity index (χ3n) is 3.73. The van der Waals surface area contributed by atoms with Crippen LogP contribution in [0, 0.1) is 13.8 Å². The van der Waals surface area contributed by atoms with Crippen molar-refractivity contribution in [2.45, 2.75) is 26.4 Å². The molecule has 3 aromatic rings. The van der Waals surface area contributed by atoms with Crippen LogP contribution in [0.4, 0.5) is 0 Å². The highest BCUT2D eigenvalue weighted by molar-refractivity contribution is 5.28. The summed E-state index contributed by atoms with van der Waals surface area (Å²) in [6.45, 7) is 4.53. The highest BCUT2D eigenvalue weighted by Gasteiger charge is 2.16. The Morgan fingerprint density at radius 3 is 2.67 bits per heavy atom. The van der Waals surface area contributed by atoms with Gasteiger partial charge < -0.3 is 14.8 Å². The maximum atomic E-state index is 6.37. The predicted octanol–water partition coefficient (Wildman–Crippen LogP) is 2.58. The topological polar surface area (TPSA) is 69.9 Å². The van der Waals surface area contributed by atoms with Gasteiger partial charge in [-0.25, -0.2) is 4.98 Å². The van der Waals surface area contributed by atoms with E-state index in [1.807, 2.05) is 54.9 Å². The summed E-state index contributed by atoms with van der Waals surface area (Å²) in [6.07, 6.45) is 3.61. The molecular formula is C16H18N4O. The van der Waals surface area contributed by atoms with Crippen LogP contribution in [0.25, 0.3) is 0 Å². The van der Waals surface area contributed by atoms with Crippen molar-refractivity contribution in [3.05, 3.63) is 71.1 Å². The van der Waals surface area contributed by atoms with Crippen molar-refractivity contribution < 1.29 is 4.52 Å². The van der Waals surface area contributed by atoms with E-state index in [2.05, 4.69) is 10.1 Å². The lowest BCUT2D eigenvalue weighted by atomic mass is 10.1. The van der Waals surface area contributed by atoms with Gasteiger partial charge in [-0.05, 0) is 19.4 Å². The monoisotopic (exact) mass is 282 g/mol. The van der Waals surface area contributed by atoms with Crippen LogP contribution in [0.15, 0.2) is 47.4 Å². The van der Waals surface area contributed by atoms with Crippen molar-refractivity contribution in [2.75, 3.05) is 0 Å². The van der Waals surface area contributed by atoms with Crippen molar-refractivity contribution >= 4 is 0 Å². The number of hydrogen-bond acceptors (Lipinski definition) is 4. The zero-order valence-corrected chi connectivity index (χ0v) is 12.2. The summed E-state index contributed by atoms with van der Waals surface area (Å²) in [6, 6.07) is 9.82. The molecular weight excluding hydrogens is 264 g/mol. The number of nitrogens with zero attached hydrogens (tertiary/aromatic N) is 3. The first-order chi connectivity index (χ1) is 10.2. The lowest BCUT2D eigenvalue weighted by Crippen LogP contribution is -2.17. The molecule has 108 valence electrons. The van der Waals surface area contributed by atoms with Crippen molar-refractivity contribution in [1.29, 1.82) is 0 Å². The van der Waals surface area contributed by atoms with E-state index in [1.54, 1.807) is 6.33 Å². The molecule has 1 aromatic carbocycles. The summed E-state index contributed by atoms with van der Waals surface area (Å²) < 4.78 is 7.26. The maximum absolute atomic E-state index is 6.37. The minimum absolute atomic E-state index is 0.200. The smallest absolute Gasteiger partial charge is 0.138 e.